The van der Waals surface area contributed by atoms with Gasteiger partial charge < -0.3 is 5.32 Å². The van der Waals surface area contributed by atoms with E-state index in [0.29, 0.717) is 6.54 Å². The summed E-state index contributed by atoms with van der Waals surface area (Å²) in [5.74, 6) is -0.797. The Kier molecular flexibility index (Phi) is 5.34. The van der Waals surface area contributed by atoms with Gasteiger partial charge >= 0.3 is 0 Å². The summed E-state index contributed by atoms with van der Waals surface area (Å²) in [5, 5.41) is 1.74. The Morgan fingerprint density at radius 1 is 1.54 bits per heavy atom. The Morgan fingerprint density at radius 3 is 2.46 bits per heavy atom. The van der Waals surface area contributed by atoms with E-state index in [4.69, 9.17) is 0 Å². The van der Waals surface area contributed by atoms with E-state index in [1.54, 1.807) is 13.8 Å². The number of carbonyl (C=O) groups excluding carboxylic acids is 1. The summed E-state index contributed by atoms with van der Waals surface area (Å²) in [5.41, 5.74) is 0. The molecule has 0 aromatic carbocycles. The highest BCUT2D eigenvalue weighted by atomic mass is 32.2. The lowest BCUT2D eigenvalue weighted by Crippen LogP contribution is -2.39. The van der Waals surface area contributed by atoms with E-state index in [-0.39, 0.29) is 0 Å². The predicted molar refractivity (Wildman–Crippen MR) is 54.1 cm³/mol. The molecule has 2 N–H and O–H groups in total. The fourth-order valence-corrected chi connectivity index (χ4v) is 1.55. The zero-order chi connectivity index (χ0) is 10.5. The molecule has 5 nitrogen and oxygen atoms in total. The van der Waals surface area contributed by atoms with Crippen LogP contribution in [0.4, 0.5) is 0 Å². The fourth-order valence-electron chi connectivity index (χ4n) is 0.585. The van der Waals surface area contributed by atoms with Gasteiger partial charge in [0.1, 0.15) is 5.88 Å². The zero-order valence-electron chi connectivity index (χ0n) is 7.57. The molecule has 0 fully saturated rings. The van der Waals surface area contributed by atoms with Crippen molar-refractivity contribution in [1.82, 2.24) is 10.0 Å². The minimum atomic E-state index is -3.38. The summed E-state index contributed by atoms with van der Waals surface area (Å²) in [6.07, 6.45) is 0. The molecular weight excluding hydrogens is 212 g/mol. The van der Waals surface area contributed by atoms with Crippen LogP contribution in [0.25, 0.3) is 0 Å². The first-order valence-corrected chi connectivity index (χ1v) is 5.99. The molecule has 78 valence electrons. The van der Waals surface area contributed by atoms with E-state index in [2.05, 4.69) is 22.7 Å². The van der Waals surface area contributed by atoms with E-state index >= 15 is 0 Å². The molecule has 0 heterocycles. The molecule has 0 saturated carbocycles. The number of carbonyl (C=O) groups is 1. The van der Waals surface area contributed by atoms with Crippen molar-refractivity contribution in [2.75, 3.05) is 12.4 Å². The number of amides is 1. The smallest absolute Gasteiger partial charge is 0.233 e. The minimum Gasteiger partial charge on any atom is -0.340 e. The third-order valence-corrected chi connectivity index (χ3v) is 2.67. The lowest BCUT2D eigenvalue weighted by atomic mass is 10.4. The molecule has 0 bridgehead atoms. The van der Waals surface area contributed by atoms with Crippen molar-refractivity contribution in [3.63, 3.8) is 0 Å². The summed E-state index contributed by atoms with van der Waals surface area (Å²) < 4.78 is 24.3. The topological polar surface area (TPSA) is 75.3 Å². The van der Waals surface area contributed by atoms with Crippen LogP contribution in [-0.2, 0) is 14.8 Å². The van der Waals surface area contributed by atoms with Crippen LogP contribution < -0.4 is 10.0 Å². The average molecular weight is 226 g/mol. The van der Waals surface area contributed by atoms with Gasteiger partial charge in [0.15, 0.2) is 0 Å². The molecule has 1 amide bonds. The summed E-state index contributed by atoms with van der Waals surface area (Å²) in [6.45, 7) is 3.55. The standard InChI is InChI=1S/C6H14N2O3S2/c1-3-8-13(10,11)4-7-6(9)5(2)12/h5,8,12H,3-4H2,1-2H3,(H,7,9). The second kappa shape index (κ2) is 5.46. The van der Waals surface area contributed by atoms with Crippen molar-refractivity contribution in [2.45, 2.75) is 19.1 Å². The molecule has 0 aromatic heterocycles. The third kappa shape index (κ3) is 5.89. The van der Waals surface area contributed by atoms with Gasteiger partial charge in [-0.1, -0.05) is 6.92 Å². The molecule has 13 heavy (non-hydrogen) atoms. The van der Waals surface area contributed by atoms with Crippen LogP contribution in [0.3, 0.4) is 0 Å². The van der Waals surface area contributed by atoms with Crippen molar-refractivity contribution < 1.29 is 13.2 Å². The van der Waals surface area contributed by atoms with Crippen molar-refractivity contribution in [2.24, 2.45) is 0 Å². The number of rotatable bonds is 5. The number of hydrogen-bond acceptors (Lipinski definition) is 4. The Bertz CT molecular complexity index is 261. The fraction of sp³-hybridized carbons (Fsp3) is 0.833. The molecule has 1 atom stereocenters. The summed E-state index contributed by atoms with van der Waals surface area (Å²) in [4.78, 5) is 10.9. The number of nitrogens with one attached hydrogen (secondary N) is 2. The molecule has 0 saturated heterocycles. The maximum Gasteiger partial charge on any atom is 0.233 e. The monoisotopic (exact) mass is 226 g/mol. The van der Waals surface area contributed by atoms with E-state index < -0.39 is 27.1 Å². The molecule has 0 aromatic rings. The number of sulfonamides is 1. The Labute approximate surface area is 83.7 Å². The SMILES string of the molecule is CCNS(=O)(=O)CNC(=O)C(C)S. The van der Waals surface area contributed by atoms with Gasteiger partial charge in [0.2, 0.25) is 15.9 Å². The predicted octanol–water partition coefficient (Wildman–Crippen LogP) is -0.682. The third-order valence-electron chi connectivity index (χ3n) is 1.18. The second-order valence-electron chi connectivity index (χ2n) is 2.47. The van der Waals surface area contributed by atoms with Gasteiger partial charge in [-0.3, -0.25) is 4.79 Å². The van der Waals surface area contributed by atoms with Crippen LogP contribution in [0.5, 0.6) is 0 Å². The van der Waals surface area contributed by atoms with E-state index in [1.807, 2.05) is 0 Å². The van der Waals surface area contributed by atoms with Gasteiger partial charge in [-0.05, 0) is 6.92 Å². The van der Waals surface area contributed by atoms with Crippen molar-refractivity contribution in [3.05, 3.63) is 0 Å². The first-order valence-electron chi connectivity index (χ1n) is 3.82. The second-order valence-corrected chi connectivity index (χ2v) is 5.06. The Hall–Kier alpha value is -0.270. The molecule has 0 aliphatic carbocycles. The van der Waals surface area contributed by atoms with Crippen LogP contribution in [0.15, 0.2) is 0 Å². The molecule has 0 aliphatic rings. The molecule has 7 heteroatoms. The molecular formula is C6H14N2O3S2. The van der Waals surface area contributed by atoms with Crippen molar-refractivity contribution in [1.29, 1.82) is 0 Å². The Balaban J connectivity index is 3.96. The molecule has 0 spiro atoms. The lowest BCUT2D eigenvalue weighted by Gasteiger charge is -2.07. The summed E-state index contributed by atoms with van der Waals surface area (Å²) in [6, 6.07) is 0. The summed E-state index contributed by atoms with van der Waals surface area (Å²) in [7, 11) is -3.38. The van der Waals surface area contributed by atoms with Gasteiger partial charge in [-0.25, -0.2) is 13.1 Å². The van der Waals surface area contributed by atoms with Crippen molar-refractivity contribution in [3.8, 4) is 0 Å². The van der Waals surface area contributed by atoms with Crippen LogP contribution >= 0.6 is 12.6 Å². The largest absolute Gasteiger partial charge is 0.340 e. The van der Waals surface area contributed by atoms with Gasteiger partial charge in [-0.2, -0.15) is 12.6 Å². The van der Waals surface area contributed by atoms with Gasteiger partial charge in [-0.15, -0.1) is 0 Å². The molecule has 0 rings (SSSR count). The van der Waals surface area contributed by atoms with E-state index in [9.17, 15) is 13.2 Å². The minimum absolute atomic E-state index is 0.314. The lowest BCUT2D eigenvalue weighted by molar-refractivity contribution is -0.119. The highest BCUT2D eigenvalue weighted by Gasteiger charge is 2.12. The van der Waals surface area contributed by atoms with Gasteiger partial charge in [0.05, 0.1) is 5.25 Å². The maximum atomic E-state index is 11.0. The summed E-state index contributed by atoms with van der Waals surface area (Å²) >= 11 is 3.85. The molecule has 0 aliphatic heterocycles. The van der Waals surface area contributed by atoms with Crippen molar-refractivity contribution >= 4 is 28.6 Å². The van der Waals surface area contributed by atoms with Crippen LogP contribution in [0.1, 0.15) is 13.8 Å². The quantitative estimate of drug-likeness (QED) is 0.544. The highest BCUT2D eigenvalue weighted by molar-refractivity contribution is 7.89. The maximum absolute atomic E-state index is 11.0. The molecule has 1 unspecified atom stereocenters. The van der Waals surface area contributed by atoms with Crippen LogP contribution in [-0.4, -0.2) is 32.0 Å². The first kappa shape index (κ1) is 12.7. The van der Waals surface area contributed by atoms with Crippen LogP contribution in [0, 0.1) is 0 Å². The number of thiol groups is 1. The van der Waals surface area contributed by atoms with Gasteiger partial charge in [0.25, 0.3) is 0 Å². The van der Waals surface area contributed by atoms with E-state index in [0.717, 1.165) is 0 Å². The first-order chi connectivity index (χ1) is 5.89. The molecule has 0 radical (unpaired) electrons. The normalized spacial score (nSPS) is 13.8. The zero-order valence-corrected chi connectivity index (χ0v) is 9.28. The highest BCUT2D eigenvalue weighted by Crippen LogP contribution is 1.91. The van der Waals surface area contributed by atoms with Gasteiger partial charge in [0, 0.05) is 6.54 Å². The van der Waals surface area contributed by atoms with Crippen LogP contribution in [0.2, 0.25) is 0 Å². The number of hydrogen-bond donors (Lipinski definition) is 3. The average Bonchev–Trinajstić information content (AvgIpc) is 2.00. The Morgan fingerprint density at radius 2 is 2.08 bits per heavy atom. The van der Waals surface area contributed by atoms with E-state index in [1.165, 1.54) is 0 Å².